The molecule has 0 saturated carbocycles. The average Bonchev–Trinajstić information content (AvgIpc) is 2.60. The van der Waals surface area contributed by atoms with Crippen LogP contribution in [-0.2, 0) is 13.0 Å². The van der Waals surface area contributed by atoms with Gasteiger partial charge in [0.25, 0.3) is 0 Å². The van der Waals surface area contributed by atoms with Gasteiger partial charge in [-0.15, -0.1) is 0 Å². The van der Waals surface area contributed by atoms with Gasteiger partial charge >= 0.3 is 0 Å². The number of nitrogens with two attached hydrogens (primary N) is 1. The quantitative estimate of drug-likeness (QED) is 0.642. The Balaban J connectivity index is 2.25. The zero-order valence-corrected chi connectivity index (χ0v) is 6.90. The molecule has 1 aliphatic rings. The van der Waals surface area contributed by atoms with Crippen LogP contribution in [0.3, 0.4) is 0 Å². The monoisotopic (exact) mass is 167 g/mol. The van der Waals surface area contributed by atoms with Crippen molar-refractivity contribution in [3.8, 4) is 0 Å². The molecule has 0 aromatic carbocycles. The van der Waals surface area contributed by atoms with Crippen LogP contribution >= 0.6 is 0 Å². The molecule has 0 bridgehead atoms. The normalized spacial score (nSPS) is 17.8. The van der Waals surface area contributed by atoms with E-state index in [-0.39, 0.29) is 6.54 Å². The van der Waals surface area contributed by atoms with E-state index in [2.05, 4.69) is 5.10 Å². The number of aliphatic hydroxyl groups is 1. The summed E-state index contributed by atoms with van der Waals surface area (Å²) in [6, 6.07) is 1.95. The minimum Gasteiger partial charge on any atom is -0.385 e. The van der Waals surface area contributed by atoms with Gasteiger partial charge < -0.3 is 10.8 Å². The smallest absolute Gasteiger partial charge is 0.110 e. The SMILES string of the molecule is NCC(O)c1cc2n(n1)CCC2. The van der Waals surface area contributed by atoms with Crippen LogP contribution in [0.4, 0.5) is 0 Å². The molecular formula is C8H13N3O. The molecular weight excluding hydrogens is 154 g/mol. The molecule has 2 rings (SSSR count). The van der Waals surface area contributed by atoms with Gasteiger partial charge in [-0.1, -0.05) is 0 Å². The van der Waals surface area contributed by atoms with E-state index in [1.54, 1.807) is 0 Å². The van der Waals surface area contributed by atoms with Gasteiger partial charge in [0.15, 0.2) is 0 Å². The average molecular weight is 167 g/mol. The van der Waals surface area contributed by atoms with E-state index in [4.69, 9.17) is 5.73 Å². The third-order valence-electron chi connectivity index (χ3n) is 2.25. The molecule has 1 unspecified atom stereocenters. The lowest BCUT2D eigenvalue weighted by molar-refractivity contribution is 0.180. The van der Waals surface area contributed by atoms with Gasteiger partial charge in [-0.3, -0.25) is 4.68 Å². The first-order chi connectivity index (χ1) is 5.81. The first-order valence-corrected chi connectivity index (χ1v) is 4.26. The lowest BCUT2D eigenvalue weighted by Crippen LogP contribution is -2.12. The number of aliphatic hydroxyl groups excluding tert-OH is 1. The van der Waals surface area contributed by atoms with E-state index in [1.807, 2.05) is 10.7 Å². The molecule has 1 aliphatic heterocycles. The molecule has 0 fully saturated rings. The zero-order valence-electron chi connectivity index (χ0n) is 6.90. The molecule has 0 radical (unpaired) electrons. The molecule has 1 aromatic heterocycles. The molecule has 2 heterocycles. The highest BCUT2D eigenvalue weighted by Gasteiger charge is 2.16. The highest BCUT2D eigenvalue weighted by molar-refractivity contribution is 5.15. The van der Waals surface area contributed by atoms with Crippen molar-refractivity contribution in [1.82, 2.24) is 9.78 Å². The topological polar surface area (TPSA) is 64.1 Å². The Morgan fingerprint density at radius 3 is 3.25 bits per heavy atom. The van der Waals surface area contributed by atoms with E-state index in [0.717, 1.165) is 13.0 Å². The largest absolute Gasteiger partial charge is 0.385 e. The van der Waals surface area contributed by atoms with E-state index >= 15 is 0 Å². The highest BCUT2D eigenvalue weighted by Crippen LogP contribution is 2.18. The second-order valence-electron chi connectivity index (χ2n) is 3.14. The molecule has 1 atom stereocenters. The van der Waals surface area contributed by atoms with E-state index < -0.39 is 6.10 Å². The fourth-order valence-electron chi connectivity index (χ4n) is 1.57. The van der Waals surface area contributed by atoms with E-state index in [9.17, 15) is 5.11 Å². The summed E-state index contributed by atoms with van der Waals surface area (Å²) in [5.41, 5.74) is 7.26. The molecule has 0 saturated heterocycles. The number of aryl methyl sites for hydroxylation is 2. The van der Waals surface area contributed by atoms with Crippen molar-refractivity contribution in [2.45, 2.75) is 25.5 Å². The van der Waals surface area contributed by atoms with Gasteiger partial charge in [0.2, 0.25) is 0 Å². The summed E-state index contributed by atoms with van der Waals surface area (Å²) >= 11 is 0. The molecule has 4 nitrogen and oxygen atoms in total. The van der Waals surface area contributed by atoms with Crippen molar-refractivity contribution in [1.29, 1.82) is 0 Å². The minimum atomic E-state index is -0.594. The number of hydrogen-bond donors (Lipinski definition) is 2. The van der Waals surface area contributed by atoms with Crippen molar-refractivity contribution >= 4 is 0 Å². The first kappa shape index (κ1) is 7.76. The van der Waals surface area contributed by atoms with Gasteiger partial charge in [-0.25, -0.2) is 0 Å². The lowest BCUT2D eigenvalue weighted by Gasteiger charge is -2.02. The summed E-state index contributed by atoms with van der Waals surface area (Å²) < 4.78 is 1.95. The van der Waals surface area contributed by atoms with Gasteiger partial charge in [0, 0.05) is 18.8 Å². The number of rotatable bonds is 2. The lowest BCUT2D eigenvalue weighted by atomic mass is 10.2. The van der Waals surface area contributed by atoms with Crippen LogP contribution in [0.1, 0.15) is 23.9 Å². The molecule has 0 spiro atoms. The predicted octanol–water partition coefficient (Wildman–Crippen LogP) is -0.179. The molecule has 3 N–H and O–H groups in total. The van der Waals surface area contributed by atoms with Crippen molar-refractivity contribution in [2.24, 2.45) is 5.73 Å². The van der Waals surface area contributed by atoms with Crippen molar-refractivity contribution in [3.05, 3.63) is 17.5 Å². The summed E-state index contributed by atoms with van der Waals surface area (Å²) in [6.45, 7) is 1.23. The van der Waals surface area contributed by atoms with Gasteiger partial charge in [0.05, 0.1) is 5.69 Å². The number of hydrogen-bond acceptors (Lipinski definition) is 3. The van der Waals surface area contributed by atoms with Crippen LogP contribution < -0.4 is 5.73 Å². The maximum atomic E-state index is 9.39. The number of fused-ring (bicyclic) bond motifs is 1. The molecule has 1 aromatic rings. The Labute approximate surface area is 71.0 Å². The van der Waals surface area contributed by atoms with E-state index in [0.29, 0.717) is 5.69 Å². The fourth-order valence-corrected chi connectivity index (χ4v) is 1.57. The first-order valence-electron chi connectivity index (χ1n) is 4.26. The molecule has 0 aliphatic carbocycles. The Morgan fingerprint density at radius 1 is 1.75 bits per heavy atom. The zero-order chi connectivity index (χ0) is 8.55. The standard InChI is InChI=1S/C8H13N3O/c9-5-8(12)7-4-6-2-1-3-11(6)10-7/h4,8,12H,1-3,5,9H2. The third-order valence-corrected chi connectivity index (χ3v) is 2.25. The Hall–Kier alpha value is -0.870. The van der Waals surface area contributed by atoms with Crippen LogP contribution in [0, 0.1) is 0 Å². The van der Waals surface area contributed by atoms with Crippen LogP contribution in [0.2, 0.25) is 0 Å². The molecule has 66 valence electrons. The summed E-state index contributed by atoms with van der Waals surface area (Å²) in [7, 11) is 0. The maximum Gasteiger partial charge on any atom is 0.110 e. The number of aromatic nitrogens is 2. The third kappa shape index (κ3) is 1.13. The fraction of sp³-hybridized carbons (Fsp3) is 0.625. The van der Waals surface area contributed by atoms with Crippen molar-refractivity contribution in [2.75, 3.05) is 6.54 Å². The van der Waals surface area contributed by atoms with Gasteiger partial charge in [-0.2, -0.15) is 5.10 Å². The Morgan fingerprint density at radius 2 is 2.58 bits per heavy atom. The maximum absolute atomic E-state index is 9.39. The van der Waals surface area contributed by atoms with Crippen LogP contribution in [0.15, 0.2) is 6.07 Å². The van der Waals surface area contributed by atoms with Crippen LogP contribution in [-0.4, -0.2) is 21.4 Å². The summed E-state index contributed by atoms with van der Waals surface area (Å²) in [6.07, 6.45) is 1.65. The number of nitrogens with zero attached hydrogens (tertiary/aromatic N) is 2. The van der Waals surface area contributed by atoms with Crippen molar-refractivity contribution < 1.29 is 5.11 Å². The summed E-state index contributed by atoms with van der Waals surface area (Å²) in [5, 5.41) is 13.6. The van der Waals surface area contributed by atoms with Crippen LogP contribution in [0.5, 0.6) is 0 Å². The second-order valence-corrected chi connectivity index (χ2v) is 3.14. The molecule has 12 heavy (non-hydrogen) atoms. The highest BCUT2D eigenvalue weighted by atomic mass is 16.3. The summed E-state index contributed by atoms with van der Waals surface area (Å²) in [5.74, 6) is 0. The molecule has 4 heteroatoms. The van der Waals surface area contributed by atoms with E-state index in [1.165, 1.54) is 12.1 Å². The predicted molar refractivity (Wildman–Crippen MR) is 44.6 cm³/mol. The summed E-state index contributed by atoms with van der Waals surface area (Å²) in [4.78, 5) is 0. The van der Waals surface area contributed by atoms with Crippen LogP contribution in [0.25, 0.3) is 0 Å². The van der Waals surface area contributed by atoms with Crippen molar-refractivity contribution in [3.63, 3.8) is 0 Å². The minimum absolute atomic E-state index is 0.246. The Kier molecular flexibility index (Phi) is 1.86. The second kappa shape index (κ2) is 2.88. The van der Waals surface area contributed by atoms with Gasteiger partial charge in [-0.05, 0) is 18.9 Å². The van der Waals surface area contributed by atoms with Gasteiger partial charge in [0.1, 0.15) is 6.10 Å². The Bertz CT molecular complexity index is 260. The molecule has 0 amide bonds.